The Morgan fingerprint density at radius 3 is 2.38 bits per heavy atom. The highest BCUT2D eigenvalue weighted by Gasteiger charge is 2.43. The molecule has 1 aromatic carbocycles. The molecule has 0 N–H and O–H groups in total. The molecule has 21 heavy (non-hydrogen) atoms. The lowest BCUT2D eigenvalue weighted by atomic mass is 9.87. The van der Waals surface area contributed by atoms with E-state index in [1.54, 1.807) is 0 Å². The predicted octanol–water partition coefficient (Wildman–Crippen LogP) is 1.45. The minimum atomic E-state index is -1.70. The van der Waals surface area contributed by atoms with Crippen LogP contribution in [0.4, 0.5) is 0 Å². The zero-order chi connectivity index (χ0) is 15.7. The Morgan fingerprint density at radius 2 is 1.86 bits per heavy atom. The Kier molecular flexibility index (Phi) is 6.37. The number of esters is 2. The van der Waals surface area contributed by atoms with Crippen molar-refractivity contribution in [3.63, 3.8) is 0 Å². The second-order valence-corrected chi connectivity index (χ2v) is 4.42. The van der Waals surface area contributed by atoms with E-state index < -0.39 is 23.8 Å². The van der Waals surface area contributed by atoms with Crippen LogP contribution in [0.5, 0.6) is 0 Å². The van der Waals surface area contributed by atoms with Gasteiger partial charge in [-0.25, -0.2) is 0 Å². The van der Waals surface area contributed by atoms with Gasteiger partial charge in [-0.05, 0) is 5.56 Å². The van der Waals surface area contributed by atoms with E-state index in [4.69, 9.17) is 4.74 Å². The molecule has 0 heterocycles. The van der Waals surface area contributed by atoms with Gasteiger partial charge < -0.3 is 14.2 Å². The Balaban J connectivity index is 2.75. The first kappa shape index (κ1) is 16.7. The van der Waals surface area contributed by atoms with Gasteiger partial charge in [0.1, 0.15) is 0 Å². The zero-order valence-electron chi connectivity index (χ0n) is 12.0. The maximum Gasteiger partial charge on any atom is 0.329 e. The van der Waals surface area contributed by atoms with Crippen molar-refractivity contribution < 1.29 is 23.8 Å². The molecule has 112 valence electrons. The summed E-state index contributed by atoms with van der Waals surface area (Å²) in [4.78, 5) is 23.2. The van der Waals surface area contributed by atoms with E-state index >= 15 is 0 Å². The third-order valence-electron chi connectivity index (χ3n) is 2.92. The molecule has 0 fully saturated rings. The molecule has 6 nitrogen and oxygen atoms in total. The van der Waals surface area contributed by atoms with Gasteiger partial charge >= 0.3 is 11.9 Å². The fraction of sp³-hybridized carbons (Fsp3) is 0.400. The van der Waals surface area contributed by atoms with Gasteiger partial charge in [-0.3, -0.25) is 9.59 Å². The monoisotopic (exact) mass is 291 g/mol. The molecule has 0 aliphatic carbocycles. The number of hydrogen-bond acceptors (Lipinski definition) is 6. The third kappa shape index (κ3) is 4.58. The lowest BCUT2D eigenvalue weighted by Gasteiger charge is -2.22. The Morgan fingerprint density at radius 1 is 1.19 bits per heavy atom. The van der Waals surface area contributed by atoms with Crippen LogP contribution >= 0.6 is 0 Å². The lowest BCUT2D eigenvalue weighted by Crippen LogP contribution is -2.38. The number of carbonyl (C=O) groups is 2. The van der Waals surface area contributed by atoms with Gasteiger partial charge in [0.05, 0.1) is 39.9 Å². The van der Waals surface area contributed by atoms with Gasteiger partial charge in [0.15, 0.2) is 5.41 Å². The van der Waals surface area contributed by atoms with Crippen LogP contribution in [0, 0.1) is 16.7 Å². The molecule has 1 atom stereocenters. The number of nitriles is 1. The molecule has 0 unspecified atom stereocenters. The van der Waals surface area contributed by atoms with Crippen molar-refractivity contribution in [2.75, 3.05) is 20.8 Å². The SMILES string of the molecule is COC(=O)C[C@@](C#N)(COCc1ccccc1)C(=O)OC. The fourth-order valence-electron chi connectivity index (χ4n) is 1.73. The summed E-state index contributed by atoms with van der Waals surface area (Å²) in [6.45, 7) is -0.0252. The van der Waals surface area contributed by atoms with E-state index in [9.17, 15) is 14.9 Å². The highest BCUT2D eigenvalue weighted by atomic mass is 16.5. The minimum Gasteiger partial charge on any atom is -0.469 e. The van der Waals surface area contributed by atoms with Gasteiger partial charge in [0, 0.05) is 0 Å². The van der Waals surface area contributed by atoms with E-state index in [1.165, 1.54) is 7.11 Å². The standard InChI is InChI=1S/C15H17NO5/c1-19-13(17)8-15(10-16,14(18)20-2)11-21-9-12-6-4-3-5-7-12/h3-7H,8-9,11H2,1-2H3/t15-/m1/s1. The van der Waals surface area contributed by atoms with Crippen molar-refractivity contribution in [1.29, 1.82) is 5.26 Å². The van der Waals surface area contributed by atoms with Crippen molar-refractivity contribution in [3.05, 3.63) is 35.9 Å². The summed E-state index contributed by atoms with van der Waals surface area (Å²) < 4.78 is 14.5. The van der Waals surface area contributed by atoms with Crippen LogP contribution in [-0.2, 0) is 30.4 Å². The number of nitrogens with zero attached hydrogens (tertiary/aromatic N) is 1. The minimum absolute atomic E-state index is 0.225. The van der Waals surface area contributed by atoms with Crippen LogP contribution in [0.15, 0.2) is 30.3 Å². The summed E-state index contributed by atoms with van der Waals surface area (Å²) in [6, 6.07) is 11.1. The molecular formula is C15H17NO5. The summed E-state index contributed by atoms with van der Waals surface area (Å²) in [6.07, 6.45) is -0.415. The van der Waals surface area contributed by atoms with Gasteiger partial charge in [-0.1, -0.05) is 30.3 Å². The van der Waals surface area contributed by atoms with Crippen LogP contribution in [-0.4, -0.2) is 32.8 Å². The molecule has 0 aromatic heterocycles. The molecule has 0 amide bonds. The molecule has 0 aliphatic heterocycles. The normalized spacial score (nSPS) is 12.8. The summed E-state index contributed by atoms with van der Waals surface area (Å²) in [7, 11) is 2.34. The first-order valence-electron chi connectivity index (χ1n) is 6.26. The van der Waals surface area contributed by atoms with Crippen molar-refractivity contribution in [3.8, 4) is 6.07 Å². The second kappa shape index (κ2) is 8.02. The zero-order valence-corrected chi connectivity index (χ0v) is 12.0. The van der Waals surface area contributed by atoms with Gasteiger partial charge in [-0.2, -0.15) is 5.26 Å². The first-order valence-corrected chi connectivity index (χ1v) is 6.26. The molecule has 0 radical (unpaired) electrons. The Hall–Kier alpha value is -2.39. The van der Waals surface area contributed by atoms with Crippen LogP contribution in [0.25, 0.3) is 0 Å². The van der Waals surface area contributed by atoms with Gasteiger partial charge in [-0.15, -0.1) is 0 Å². The Labute approximate surface area is 123 Å². The number of hydrogen-bond donors (Lipinski definition) is 0. The molecule has 1 rings (SSSR count). The van der Waals surface area contributed by atoms with Crippen LogP contribution < -0.4 is 0 Å². The van der Waals surface area contributed by atoms with Crippen LogP contribution in [0.2, 0.25) is 0 Å². The van der Waals surface area contributed by atoms with Crippen molar-refractivity contribution in [2.24, 2.45) is 5.41 Å². The molecule has 0 bridgehead atoms. The molecule has 0 spiro atoms. The Bertz CT molecular complexity index is 523. The fourth-order valence-corrected chi connectivity index (χ4v) is 1.73. The molecule has 0 saturated heterocycles. The van der Waals surface area contributed by atoms with E-state index in [2.05, 4.69) is 9.47 Å². The van der Waals surface area contributed by atoms with E-state index in [0.717, 1.165) is 12.7 Å². The molecule has 6 heteroatoms. The molecule has 1 aromatic rings. The van der Waals surface area contributed by atoms with E-state index in [1.807, 2.05) is 36.4 Å². The largest absolute Gasteiger partial charge is 0.469 e. The van der Waals surface area contributed by atoms with Gasteiger partial charge in [0.2, 0.25) is 0 Å². The number of benzene rings is 1. The second-order valence-electron chi connectivity index (χ2n) is 4.42. The molecular weight excluding hydrogens is 274 g/mol. The smallest absolute Gasteiger partial charge is 0.329 e. The van der Waals surface area contributed by atoms with Crippen LogP contribution in [0.1, 0.15) is 12.0 Å². The van der Waals surface area contributed by atoms with E-state index in [0.29, 0.717) is 0 Å². The topological polar surface area (TPSA) is 85.6 Å². The summed E-state index contributed by atoms with van der Waals surface area (Å²) >= 11 is 0. The average molecular weight is 291 g/mol. The van der Waals surface area contributed by atoms with Crippen molar-refractivity contribution in [1.82, 2.24) is 0 Å². The molecule has 0 aliphatic rings. The highest BCUT2D eigenvalue weighted by molar-refractivity contribution is 5.86. The predicted molar refractivity (Wildman–Crippen MR) is 72.8 cm³/mol. The van der Waals surface area contributed by atoms with Crippen molar-refractivity contribution in [2.45, 2.75) is 13.0 Å². The lowest BCUT2D eigenvalue weighted by molar-refractivity contribution is -0.159. The summed E-state index contributed by atoms with van der Waals surface area (Å²) in [5.74, 6) is -1.49. The van der Waals surface area contributed by atoms with Crippen molar-refractivity contribution >= 4 is 11.9 Å². The maximum absolute atomic E-state index is 11.8. The van der Waals surface area contributed by atoms with E-state index in [-0.39, 0.29) is 13.2 Å². The number of carbonyl (C=O) groups excluding carboxylic acids is 2. The first-order chi connectivity index (χ1) is 10.1. The highest BCUT2D eigenvalue weighted by Crippen LogP contribution is 2.25. The molecule has 0 saturated carbocycles. The third-order valence-corrected chi connectivity index (χ3v) is 2.92. The van der Waals surface area contributed by atoms with Gasteiger partial charge in [0.25, 0.3) is 0 Å². The number of ether oxygens (including phenoxy) is 3. The van der Waals surface area contributed by atoms with Crippen LogP contribution in [0.3, 0.4) is 0 Å². The number of rotatable bonds is 7. The average Bonchev–Trinajstić information content (AvgIpc) is 2.53. The maximum atomic E-state index is 11.8. The summed E-state index contributed by atoms with van der Waals surface area (Å²) in [5, 5.41) is 9.28. The number of methoxy groups -OCH3 is 2. The quantitative estimate of drug-likeness (QED) is 0.707. The summed E-state index contributed by atoms with van der Waals surface area (Å²) in [5.41, 5.74) is -0.802.